The maximum absolute atomic E-state index is 12.3. The second kappa shape index (κ2) is 7.89. The van der Waals surface area contributed by atoms with Gasteiger partial charge in [0.05, 0.1) is 0 Å². The first kappa shape index (κ1) is 18.6. The Kier molecular flexibility index (Phi) is 6.11. The summed E-state index contributed by atoms with van der Waals surface area (Å²) in [6.07, 6.45) is 1.86. The molecular formula is C20H27ClN2O. The topological polar surface area (TPSA) is 23.6 Å². The van der Waals surface area contributed by atoms with Crippen molar-refractivity contribution in [1.29, 1.82) is 0 Å². The molecule has 130 valence electrons. The Balaban J connectivity index is 2.12. The van der Waals surface area contributed by atoms with E-state index >= 15 is 0 Å². The van der Waals surface area contributed by atoms with Crippen molar-refractivity contribution in [1.82, 2.24) is 4.90 Å². The van der Waals surface area contributed by atoms with E-state index in [0.29, 0.717) is 0 Å². The van der Waals surface area contributed by atoms with Crippen molar-refractivity contribution in [2.45, 2.75) is 46.6 Å². The number of carbonyl (C=O) groups is 1. The van der Waals surface area contributed by atoms with Crippen LogP contribution in [0.3, 0.4) is 0 Å². The van der Waals surface area contributed by atoms with Crippen molar-refractivity contribution in [3.63, 3.8) is 0 Å². The highest BCUT2D eigenvalue weighted by Gasteiger charge is 2.28. The number of carbonyl (C=O) groups excluding carboxylic acids is 1. The van der Waals surface area contributed by atoms with Crippen LogP contribution in [-0.4, -0.2) is 29.9 Å². The third kappa shape index (κ3) is 4.02. The molecule has 0 radical (unpaired) electrons. The summed E-state index contributed by atoms with van der Waals surface area (Å²) < 4.78 is 0. The number of nitrogens with zero attached hydrogens (tertiary/aromatic N) is 2. The minimum absolute atomic E-state index is 0.106. The van der Waals surface area contributed by atoms with Crippen LogP contribution in [0.1, 0.15) is 39.2 Å². The van der Waals surface area contributed by atoms with Crippen LogP contribution in [0.25, 0.3) is 0 Å². The Bertz CT molecular complexity index is 653. The number of anilines is 1. The normalized spacial score (nSPS) is 16.6. The van der Waals surface area contributed by atoms with E-state index in [1.807, 2.05) is 36.9 Å². The van der Waals surface area contributed by atoms with Crippen LogP contribution in [0, 0.1) is 6.92 Å². The molecule has 2 rings (SSSR count). The highest BCUT2D eigenvalue weighted by atomic mass is 35.5. The first-order valence-corrected chi connectivity index (χ1v) is 8.83. The van der Waals surface area contributed by atoms with Gasteiger partial charge in [-0.3, -0.25) is 4.79 Å². The zero-order valence-corrected chi connectivity index (χ0v) is 15.9. The number of piperidine rings is 1. The molecule has 24 heavy (non-hydrogen) atoms. The molecule has 0 atom stereocenters. The predicted molar refractivity (Wildman–Crippen MR) is 102 cm³/mol. The van der Waals surface area contributed by atoms with E-state index in [4.69, 9.17) is 11.6 Å². The first-order valence-electron chi connectivity index (χ1n) is 8.45. The summed E-state index contributed by atoms with van der Waals surface area (Å²) in [4.78, 5) is 16.5. The van der Waals surface area contributed by atoms with Gasteiger partial charge in [0.1, 0.15) is 0 Å². The van der Waals surface area contributed by atoms with Crippen LogP contribution in [-0.2, 0) is 4.79 Å². The van der Waals surface area contributed by atoms with E-state index in [0.717, 1.165) is 53.5 Å². The fraction of sp³-hybridized carbons (Fsp3) is 0.450. The third-order valence-electron chi connectivity index (χ3n) is 4.88. The smallest absolute Gasteiger partial charge is 0.224 e. The summed E-state index contributed by atoms with van der Waals surface area (Å²) in [5, 5.41) is 0.785. The van der Waals surface area contributed by atoms with Gasteiger partial charge in [-0.25, -0.2) is 0 Å². The van der Waals surface area contributed by atoms with Crippen molar-refractivity contribution >= 4 is 23.2 Å². The van der Waals surface area contributed by atoms with Gasteiger partial charge < -0.3 is 9.80 Å². The molecule has 0 bridgehead atoms. The fourth-order valence-electron chi connectivity index (χ4n) is 3.29. The van der Waals surface area contributed by atoms with Gasteiger partial charge in [0, 0.05) is 42.5 Å². The number of halogens is 1. The zero-order valence-electron chi connectivity index (χ0n) is 15.1. The van der Waals surface area contributed by atoms with Gasteiger partial charge in [0.15, 0.2) is 0 Å². The van der Waals surface area contributed by atoms with E-state index in [1.54, 1.807) is 6.92 Å². The molecule has 0 N–H and O–H groups in total. The van der Waals surface area contributed by atoms with E-state index in [9.17, 15) is 4.79 Å². The monoisotopic (exact) mass is 346 g/mol. The van der Waals surface area contributed by atoms with Crippen molar-refractivity contribution in [2.75, 3.05) is 18.0 Å². The molecule has 0 aliphatic carbocycles. The molecule has 1 aromatic rings. The van der Waals surface area contributed by atoms with E-state index < -0.39 is 0 Å². The van der Waals surface area contributed by atoms with Gasteiger partial charge in [-0.2, -0.15) is 0 Å². The lowest BCUT2D eigenvalue weighted by molar-refractivity contribution is -0.117. The third-order valence-corrected chi connectivity index (χ3v) is 5.16. The Morgan fingerprint density at radius 3 is 2.29 bits per heavy atom. The molecule has 0 spiro atoms. The van der Waals surface area contributed by atoms with Gasteiger partial charge in [-0.1, -0.05) is 36.4 Å². The number of likely N-dealkylation sites (tertiary alicyclic amines) is 1. The summed E-state index contributed by atoms with van der Waals surface area (Å²) >= 11 is 6.10. The first-order chi connectivity index (χ1) is 11.3. The maximum Gasteiger partial charge on any atom is 0.224 e. The van der Waals surface area contributed by atoms with Crippen molar-refractivity contribution < 1.29 is 4.79 Å². The predicted octanol–water partition coefficient (Wildman–Crippen LogP) is 4.86. The average molecular weight is 347 g/mol. The van der Waals surface area contributed by atoms with Gasteiger partial charge in [0.2, 0.25) is 5.91 Å². The molecule has 0 unspecified atom stereocenters. The molecule has 4 heteroatoms. The number of para-hydroxylation sites is 1. The number of hydrogen-bond acceptors (Lipinski definition) is 2. The van der Waals surface area contributed by atoms with Crippen LogP contribution in [0.15, 0.2) is 47.1 Å². The van der Waals surface area contributed by atoms with Gasteiger partial charge in [0.25, 0.3) is 0 Å². The fourth-order valence-corrected chi connectivity index (χ4v) is 3.40. The lowest BCUT2D eigenvalue weighted by Gasteiger charge is -2.40. The summed E-state index contributed by atoms with van der Waals surface area (Å²) in [7, 11) is 0. The molecule has 1 fully saturated rings. The minimum atomic E-state index is 0.106. The highest BCUT2D eigenvalue weighted by molar-refractivity contribution is 6.29. The van der Waals surface area contributed by atoms with E-state index in [1.165, 1.54) is 0 Å². The molecular weight excluding hydrogens is 320 g/mol. The van der Waals surface area contributed by atoms with Crippen LogP contribution in [0.2, 0.25) is 0 Å². The summed E-state index contributed by atoms with van der Waals surface area (Å²) in [5.41, 5.74) is 4.19. The van der Waals surface area contributed by atoms with Crippen molar-refractivity contribution in [3.05, 3.63) is 52.7 Å². The van der Waals surface area contributed by atoms with Crippen LogP contribution < -0.4 is 4.90 Å². The largest absolute Gasteiger partial charge is 0.372 e. The molecule has 0 aromatic heterocycles. The maximum atomic E-state index is 12.3. The molecule has 1 aliphatic rings. The number of allylic oxidation sites excluding steroid dienone is 2. The highest BCUT2D eigenvalue weighted by Crippen LogP contribution is 2.29. The number of hydrogen-bond donors (Lipinski definition) is 0. The van der Waals surface area contributed by atoms with Crippen LogP contribution >= 0.6 is 11.6 Å². The molecule has 0 saturated carbocycles. The van der Waals surface area contributed by atoms with Crippen molar-refractivity contribution in [2.24, 2.45) is 0 Å². The van der Waals surface area contributed by atoms with E-state index in [-0.39, 0.29) is 11.9 Å². The number of benzene rings is 1. The average Bonchev–Trinajstić information content (AvgIpc) is 2.55. The summed E-state index contributed by atoms with van der Waals surface area (Å²) in [6.45, 7) is 13.6. The minimum Gasteiger partial charge on any atom is -0.372 e. The SMILES string of the molecule is C=C(/C(C)=C(/C)Cl)N1CCC(N(C(C)=O)c2ccccc2C)CC1. The Morgan fingerprint density at radius 1 is 1.21 bits per heavy atom. The van der Waals surface area contributed by atoms with Crippen LogP contribution in [0.5, 0.6) is 0 Å². The summed E-state index contributed by atoms with van der Waals surface area (Å²) in [5.74, 6) is 0.106. The number of rotatable bonds is 4. The lowest BCUT2D eigenvalue weighted by Crippen LogP contribution is -2.47. The Labute approximate surface area is 150 Å². The standard InChI is InChI=1S/C20H27ClN2O/c1-14-8-6-7-9-20(14)23(18(5)24)19-10-12-22(13-11-19)17(4)15(2)16(3)21/h6-9,19H,4,10-13H2,1-3,5H3/b16-15-. The molecule has 1 heterocycles. The Hall–Kier alpha value is -1.74. The Morgan fingerprint density at radius 2 is 1.79 bits per heavy atom. The second-order valence-corrected chi connectivity index (χ2v) is 7.07. The number of aryl methyl sites for hydroxylation is 1. The van der Waals surface area contributed by atoms with Gasteiger partial charge in [-0.15, -0.1) is 0 Å². The summed E-state index contributed by atoms with van der Waals surface area (Å²) in [6, 6.07) is 8.32. The molecule has 1 aliphatic heterocycles. The van der Waals surface area contributed by atoms with Crippen LogP contribution in [0.4, 0.5) is 5.69 Å². The molecule has 1 amide bonds. The van der Waals surface area contributed by atoms with Gasteiger partial charge >= 0.3 is 0 Å². The molecule has 3 nitrogen and oxygen atoms in total. The number of amides is 1. The quantitative estimate of drug-likeness (QED) is 0.727. The lowest BCUT2D eigenvalue weighted by atomic mass is 9.99. The molecule has 1 aromatic carbocycles. The second-order valence-electron chi connectivity index (χ2n) is 6.50. The van der Waals surface area contributed by atoms with Gasteiger partial charge in [-0.05, 0) is 50.8 Å². The zero-order chi connectivity index (χ0) is 17.9. The van der Waals surface area contributed by atoms with E-state index in [2.05, 4.69) is 24.5 Å². The van der Waals surface area contributed by atoms with Crippen molar-refractivity contribution in [3.8, 4) is 0 Å². The molecule has 1 saturated heterocycles.